The average Bonchev–Trinajstić information content (AvgIpc) is 2.55. The molecule has 1 aliphatic rings. The van der Waals surface area contributed by atoms with Gasteiger partial charge in [-0.1, -0.05) is 42.5 Å². The molecule has 3 aromatic rings. The van der Waals surface area contributed by atoms with Crippen LogP contribution < -0.4 is 10.2 Å². The van der Waals surface area contributed by atoms with Crippen LogP contribution in [0.2, 0.25) is 0 Å². The van der Waals surface area contributed by atoms with Crippen molar-refractivity contribution in [1.29, 1.82) is 0 Å². The quantitative estimate of drug-likeness (QED) is 0.775. The van der Waals surface area contributed by atoms with Gasteiger partial charge in [0.05, 0.1) is 0 Å². The second-order valence-corrected chi connectivity index (χ2v) is 6.39. The minimum absolute atomic E-state index is 0.368. The number of rotatable bonds is 2. The van der Waals surface area contributed by atoms with E-state index in [1.807, 2.05) is 0 Å². The number of nitrogens with zero attached hydrogens (tertiary/aromatic N) is 2. The molecule has 0 aliphatic carbocycles. The van der Waals surface area contributed by atoms with Gasteiger partial charge in [0.1, 0.15) is 5.82 Å². The Bertz CT molecular complexity index is 856. The predicted octanol–water partition coefficient (Wildman–Crippen LogP) is 4.02. The zero-order valence-electron chi connectivity index (χ0n) is 13.6. The number of pyridine rings is 1. The van der Waals surface area contributed by atoms with E-state index < -0.39 is 0 Å². The highest BCUT2D eigenvalue weighted by molar-refractivity contribution is 5.92. The summed E-state index contributed by atoms with van der Waals surface area (Å²) in [6.07, 6.45) is 1.03. The van der Waals surface area contributed by atoms with E-state index in [0.717, 1.165) is 24.5 Å². The first-order valence-electron chi connectivity index (χ1n) is 8.13. The van der Waals surface area contributed by atoms with Crippen LogP contribution in [0, 0.1) is 6.92 Å². The summed E-state index contributed by atoms with van der Waals surface area (Å²) in [7, 11) is 2.16. The lowest BCUT2D eigenvalue weighted by Gasteiger charge is -2.34. The second kappa shape index (κ2) is 5.58. The summed E-state index contributed by atoms with van der Waals surface area (Å²) in [6, 6.07) is 19.6. The molecule has 0 bridgehead atoms. The van der Waals surface area contributed by atoms with E-state index in [0.29, 0.717) is 6.04 Å². The van der Waals surface area contributed by atoms with Crippen LogP contribution in [0.3, 0.4) is 0 Å². The van der Waals surface area contributed by atoms with Crippen LogP contribution >= 0.6 is 0 Å². The molecule has 1 aromatic heterocycles. The molecule has 1 aliphatic heterocycles. The van der Waals surface area contributed by atoms with Crippen molar-refractivity contribution < 1.29 is 0 Å². The maximum atomic E-state index is 4.75. The molecular weight excluding hydrogens is 282 g/mol. The van der Waals surface area contributed by atoms with E-state index in [4.69, 9.17) is 4.98 Å². The highest BCUT2D eigenvalue weighted by Crippen LogP contribution is 2.28. The van der Waals surface area contributed by atoms with Crippen molar-refractivity contribution in [2.45, 2.75) is 19.4 Å². The first kappa shape index (κ1) is 14.1. The zero-order chi connectivity index (χ0) is 15.8. The summed E-state index contributed by atoms with van der Waals surface area (Å²) in [5.41, 5.74) is 3.79. The van der Waals surface area contributed by atoms with Gasteiger partial charge in [-0.3, -0.25) is 0 Å². The van der Waals surface area contributed by atoms with E-state index in [1.54, 1.807) is 0 Å². The fourth-order valence-electron chi connectivity index (χ4n) is 3.55. The lowest BCUT2D eigenvalue weighted by atomic mass is 9.98. The summed E-state index contributed by atoms with van der Waals surface area (Å²) in [4.78, 5) is 7.07. The number of fused-ring (bicyclic) bond motifs is 2. The number of anilines is 2. The molecule has 0 amide bonds. The summed E-state index contributed by atoms with van der Waals surface area (Å²) < 4.78 is 0. The Balaban J connectivity index is 1.67. The van der Waals surface area contributed by atoms with Crippen molar-refractivity contribution in [3.05, 3.63) is 65.9 Å². The number of likely N-dealkylation sites (N-methyl/N-ethyl adjacent to an activating group) is 1. The molecule has 4 rings (SSSR count). The predicted molar refractivity (Wildman–Crippen MR) is 97.3 cm³/mol. The maximum absolute atomic E-state index is 4.75. The molecule has 116 valence electrons. The number of nitrogens with one attached hydrogen (secondary N) is 1. The Morgan fingerprint density at radius 1 is 1.09 bits per heavy atom. The highest BCUT2D eigenvalue weighted by Gasteiger charge is 2.22. The molecule has 2 heterocycles. The minimum Gasteiger partial charge on any atom is -0.372 e. The molecule has 2 aromatic carbocycles. The van der Waals surface area contributed by atoms with Crippen molar-refractivity contribution in [2.24, 2.45) is 0 Å². The first-order valence-corrected chi connectivity index (χ1v) is 8.13. The molecular formula is C20H21N3. The molecule has 3 heteroatoms. The van der Waals surface area contributed by atoms with Gasteiger partial charge in [0.25, 0.3) is 0 Å². The Kier molecular flexibility index (Phi) is 3.41. The van der Waals surface area contributed by atoms with Crippen LogP contribution in [0.5, 0.6) is 0 Å². The normalized spacial score (nSPS) is 17.1. The topological polar surface area (TPSA) is 28.2 Å². The number of para-hydroxylation sites is 1. The van der Waals surface area contributed by atoms with E-state index in [2.05, 4.69) is 78.8 Å². The van der Waals surface area contributed by atoms with Gasteiger partial charge < -0.3 is 10.2 Å². The summed E-state index contributed by atoms with van der Waals surface area (Å²) in [6.45, 7) is 3.04. The number of aromatic nitrogens is 1. The smallest absolute Gasteiger partial charge is 0.134 e. The molecule has 3 nitrogen and oxygen atoms in total. The minimum atomic E-state index is 0.368. The maximum Gasteiger partial charge on any atom is 0.134 e. The first-order chi connectivity index (χ1) is 11.2. The third kappa shape index (κ3) is 2.63. The largest absolute Gasteiger partial charge is 0.372 e. The van der Waals surface area contributed by atoms with E-state index in [9.17, 15) is 0 Å². The third-order valence-corrected chi connectivity index (χ3v) is 4.57. The lowest BCUT2D eigenvalue weighted by molar-refractivity contribution is 0.662. The lowest BCUT2D eigenvalue weighted by Crippen LogP contribution is -2.40. The zero-order valence-corrected chi connectivity index (χ0v) is 13.6. The van der Waals surface area contributed by atoms with Crippen LogP contribution in [-0.4, -0.2) is 24.6 Å². The van der Waals surface area contributed by atoms with Gasteiger partial charge in [0, 0.05) is 36.4 Å². The Morgan fingerprint density at radius 3 is 2.78 bits per heavy atom. The Hall–Kier alpha value is -2.55. The molecule has 0 saturated carbocycles. The van der Waals surface area contributed by atoms with Crippen molar-refractivity contribution >= 4 is 22.3 Å². The van der Waals surface area contributed by atoms with Crippen LogP contribution in [-0.2, 0) is 6.42 Å². The van der Waals surface area contributed by atoms with Gasteiger partial charge in [0.2, 0.25) is 0 Å². The van der Waals surface area contributed by atoms with Crippen molar-refractivity contribution in [3.63, 3.8) is 0 Å². The van der Waals surface area contributed by atoms with Gasteiger partial charge in [-0.15, -0.1) is 0 Å². The van der Waals surface area contributed by atoms with E-state index in [1.165, 1.54) is 22.0 Å². The summed E-state index contributed by atoms with van der Waals surface area (Å²) in [5.74, 6) is 0.999. The van der Waals surface area contributed by atoms with Crippen LogP contribution in [0.15, 0.2) is 54.6 Å². The van der Waals surface area contributed by atoms with E-state index in [-0.39, 0.29) is 0 Å². The van der Waals surface area contributed by atoms with Crippen molar-refractivity contribution in [3.8, 4) is 0 Å². The fraction of sp³-hybridized carbons (Fsp3) is 0.250. The number of hydrogen-bond donors (Lipinski definition) is 1. The van der Waals surface area contributed by atoms with Crippen LogP contribution in [0.4, 0.5) is 11.5 Å². The molecule has 23 heavy (non-hydrogen) atoms. The number of aryl methyl sites for hydroxylation is 1. The monoisotopic (exact) mass is 303 g/mol. The Morgan fingerprint density at radius 2 is 1.87 bits per heavy atom. The number of benzene rings is 2. The van der Waals surface area contributed by atoms with Crippen LogP contribution in [0.25, 0.3) is 10.8 Å². The SMILES string of the molecule is Cc1cc2ccccc2c(NC2Cc3ccccc3N(C)C2)n1. The van der Waals surface area contributed by atoms with Crippen molar-refractivity contribution in [1.82, 2.24) is 4.98 Å². The molecule has 1 N–H and O–H groups in total. The molecule has 0 fully saturated rings. The van der Waals surface area contributed by atoms with E-state index >= 15 is 0 Å². The standard InChI is InChI=1S/C20H21N3/c1-14-11-15-7-3-5-9-18(15)20(21-14)22-17-12-16-8-4-6-10-19(16)23(2)13-17/h3-11,17H,12-13H2,1-2H3,(H,21,22). The van der Waals surface area contributed by atoms with Gasteiger partial charge in [-0.25, -0.2) is 4.98 Å². The van der Waals surface area contributed by atoms with Gasteiger partial charge >= 0.3 is 0 Å². The Labute approximate surface area is 137 Å². The third-order valence-electron chi connectivity index (χ3n) is 4.57. The van der Waals surface area contributed by atoms with Crippen LogP contribution in [0.1, 0.15) is 11.3 Å². The molecule has 1 atom stereocenters. The van der Waals surface area contributed by atoms with Gasteiger partial charge in [-0.2, -0.15) is 0 Å². The van der Waals surface area contributed by atoms with Gasteiger partial charge in [0.15, 0.2) is 0 Å². The fourth-order valence-corrected chi connectivity index (χ4v) is 3.55. The molecule has 1 unspecified atom stereocenters. The summed E-state index contributed by atoms with van der Waals surface area (Å²) in [5, 5.41) is 6.12. The van der Waals surface area contributed by atoms with Gasteiger partial charge in [-0.05, 0) is 36.4 Å². The highest BCUT2D eigenvalue weighted by atomic mass is 15.2. The molecule has 0 radical (unpaired) electrons. The summed E-state index contributed by atoms with van der Waals surface area (Å²) >= 11 is 0. The average molecular weight is 303 g/mol. The molecule has 0 spiro atoms. The molecule has 0 saturated heterocycles. The van der Waals surface area contributed by atoms with Crippen molar-refractivity contribution in [2.75, 3.05) is 23.8 Å². The second-order valence-electron chi connectivity index (χ2n) is 6.39. The number of hydrogen-bond acceptors (Lipinski definition) is 3.